The van der Waals surface area contributed by atoms with Crippen LogP contribution in [0.3, 0.4) is 0 Å². The Balaban J connectivity index is 2.15. The molecule has 3 nitrogen and oxygen atoms in total. The van der Waals surface area contributed by atoms with Gasteiger partial charge in [0.25, 0.3) is 0 Å². The molecule has 1 N–H and O–H groups in total. The standard InChI is InChI=1S/C17H19FO3/c1-20-10-9-12-3-5-13(6-4-12)17(19)14-7-8-16(21-2)15(18)11-14/h3-8,11,17,19H,9-10H2,1-2H3. The minimum absolute atomic E-state index is 0.167. The van der Waals surface area contributed by atoms with Crippen LogP contribution in [-0.4, -0.2) is 25.9 Å². The lowest BCUT2D eigenvalue weighted by molar-refractivity contribution is 0.202. The molecule has 1 atom stereocenters. The van der Waals surface area contributed by atoms with Crippen LogP contribution in [0.25, 0.3) is 0 Å². The number of methoxy groups -OCH3 is 2. The number of hydrogen-bond acceptors (Lipinski definition) is 3. The highest BCUT2D eigenvalue weighted by Gasteiger charge is 2.13. The summed E-state index contributed by atoms with van der Waals surface area (Å²) >= 11 is 0. The molecule has 1 unspecified atom stereocenters. The van der Waals surface area contributed by atoms with Crippen LogP contribution in [0.15, 0.2) is 42.5 Å². The maximum atomic E-state index is 13.7. The first kappa shape index (κ1) is 15.5. The quantitative estimate of drug-likeness (QED) is 0.888. The van der Waals surface area contributed by atoms with E-state index in [9.17, 15) is 9.50 Å². The van der Waals surface area contributed by atoms with Gasteiger partial charge in [-0.05, 0) is 35.2 Å². The van der Waals surface area contributed by atoms with Crippen LogP contribution in [0.4, 0.5) is 4.39 Å². The Morgan fingerprint density at radius 2 is 1.71 bits per heavy atom. The molecule has 0 radical (unpaired) electrons. The van der Waals surface area contributed by atoms with Gasteiger partial charge >= 0.3 is 0 Å². The fourth-order valence-corrected chi connectivity index (χ4v) is 2.13. The van der Waals surface area contributed by atoms with E-state index in [1.165, 1.54) is 19.2 Å². The van der Waals surface area contributed by atoms with Gasteiger partial charge in [-0.3, -0.25) is 0 Å². The van der Waals surface area contributed by atoms with Gasteiger partial charge in [-0.2, -0.15) is 0 Å². The molecule has 0 aliphatic rings. The minimum Gasteiger partial charge on any atom is -0.494 e. The monoisotopic (exact) mass is 290 g/mol. The summed E-state index contributed by atoms with van der Waals surface area (Å²) < 4.78 is 23.6. The smallest absolute Gasteiger partial charge is 0.165 e. The van der Waals surface area contributed by atoms with E-state index in [2.05, 4.69) is 0 Å². The average molecular weight is 290 g/mol. The zero-order chi connectivity index (χ0) is 15.2. The Morgan fingerprint density at radius 3 is 2.29 bits per heavy atom. The zero-order valence-corrected chi connectivity index (χ0v) is 12.2. The molecule has 0 saturated heterocycles. The van der Waals surface area contributed by atoms with Crippen LogP contribution in [0.2, 0.25) is 0 Å². The summed E-state index contributed by atoms with van der Waals surface area (Å²) in [6.07, 6.45) is -0.0359. The molecule has 4 heteroatoms. The second-order valence-corrected chi connectivity index (χ2v) is 4.78. The van der Waals surface area contributed by atoms with Crippen molar-refractivity contribution in [2.75, 3.05) is 20.8 Å². The second-order valence-electron chi connectivity index (χ2n) is 4.78. The molecule has 0 bridgehead atoms. The van der Waals surface area contributed by atoms with Crippen molar-refractivity contribution in [2.24, 2.45) is 0 Å². The molecule has 2 aromatic carbocycles. The summed E-state index contributed by atoms with van der Waals surface area (Å²) in [5, 5.41) is 10.3. The second kappa shape index (κ2) is 7.20. The number of aliphatic hydroxyl groups excluding tert-OH is 1. The first-order chi connectivity index (χ1) is 10.2. The first-order valence-electron chi connectivity index (χ1n) is 6.75. The summed E-state index contributed by atoms with van der Waals surface area (Å²) in [5.41, 5.74) is 2.35. The molecular weight excluding hydrogens is 271 g/mol. The van der Waals surface area contributed by atoms with Gasteiger partial charge in [0.1, 0.15) is 6.10 Å². The summed E-state index contributed by atoms with van der Waals surface area (Å²) in [5.74, 6) is -0.313. The fourth-order valence-electron chi connectivity index (χ4n) is 2.13. The lowest BCUT2D eigenvalue weighted by Crippen LogP contribution is -2.02. The van der Waals surface area contributed by atoms with Crippen molar-refractivity contribution in [3.05, 3.63) is 65.0 Å². The Hall–Kier alpha value is -1.91. The highest BCUT2D eigenvalue weighted by molar-refractivity contribution is 5.36. The van der Waals surface area contributed by atoms with Crippen molar-refractivity contribution in [3.8, 4) is 5.75 Å². The normalized spacial score (nSPS) is 12.2. The summed E-state index contributed by atoms with van der Waals surface area (Å²) in [6, 6.07) is 12.0. The highest BCUT2D eigenvalue weighted by Crippen LogP contribution is 2.26. The molecule has 0 aromatic heterocycles. The molecule has 0 spiro atoms. The molecule has 21 heavy (non-hydrogen) atoms. The van der Waals surface area contributed by atoms with Crippen molar-refractivity contribution in [3.63, 3.8) is 0 Å². The van der Waals surface area contributed by atoms with Crippen molar-refractivity contribution >= 4 is 0 Å². The average Bonchev–Trinajstić information content (AvgIpc) is 2.52. The summed E-state index contributed by atoms with van der Waals surface area (Å²) in [7, 11) is 3.07. The van der Waals surface area contributed by atoms with Crippen molar-refractivity contribution < 1.29 is 19.0 Å². The Bertz CT molecular complexity index is 581. The predicted molar refractivity (Wildman–Crippen MR) is 79.0 cm³/mol. The molecule has 0 amide bonds. The number of hydrogen-bond donors (Lipinski definition) is 1. The molecule has 2 aromatic rings. The van der Waals surface area contributed by atoms with E-state index in [4.69, 9.17) is 9.47 Å². The molecule has 0 saturated carbocycles. The van der Waals surface area contributed by atoms with Gasteiger partial charge in [0, 0.05) is 7.11 Å². The SMILES string of the molecule is COCCc1ccc(C(O)c2ccc(OC)c(F)c2)cc1. The Labute approximate surface area is 124 Å². The van der Waals surface area contributed by atoms with Crippen LogP contribution in [0.1, 0.15) is 22.8 Å². The van der Waals surface area contributed by atoms with E-state index < -0.39 is 11.9 Å². The van der Waals surface area contributed by atoms with Gasteiger partial charge in [0.2, 0.25) is 0 Å². The van der Waals surface area contributed by atoms with E-state index in [0.717, 1.165) is 17.5 Å². The topological polar surface area (TPSA) is 38.7 Å². The van der Waals surface area contributed by atoms with Gasteiger partial charge in [0.05, 0.1) is 13.7 Å². The van der Waals surface area contributed by atoms with Crippen molar-refractivity contribution in [2.45, 2.75) is 12.5 Å². The third-order valence-corrected chi connectivity index (χ3v) is 3.38. The molecule has 0 heterocycles. The lowest BCUT2D eigenvalue weighted by atomic mass is 9.99. The van der Waals surface area contributed by atoms with Crippen LogP contribution in [0, 0.1) is 5.82 Å². The third-order valence-electron chi connectivity index (χ3n) is 3.38. The summed E-state index contributed by atoms with van der Waals surface area (Å²) in [4.78, 5) is 0. The zero-order valence-electron chi connectivity index (χ0n) is 12.2. The van der Waals surface area contributed by atoms with E-state index in [-0.39, 0.29) is 5.75 Å². The number of halogens is 1. The number of ether oxygens (including phenoxy) is 2. The van der Waals surface area contributed by atoms with Gasteiger partial charge in [0.15, 0.2) is 11.6 Å². The van der Waals surface area contributed by atoms with Crippen LogP contribution < -0.4 is 4.74 Å². The van der Waals surface area contributed by atoms with E-state index in [0.29, 0.717) is 12.2 Å². The van der Waals surface area contributed by atoms with Crippen molar-refractivity contribution in [1.82, 2.24) is 0 Å². The van der Waals surface area contributed by atoms with E-state index in [1.54, 1.807) is 13.2 Å². The van der Waals surface area contributed by atoms with Crippen molar-refractivity contribution in [1.29, 1.82) is 0 Å². The number of rotatable bonds is 6. The molecule has 2 rings (SSSR count). The van der Waals surface area contributed by atoms with Crippen LogP contribution in [0.5, 0.6) is 5.75 Å². The van der Waals surface area contributed by atoms with Crippen LogP contribution in [-0.2, 0) is 11.2 Å². The van der Waals surface area contributed by atoms with Gasteiger partial charge in [-0.25, -0.2) is 4.39 Å². The Kier molecular flexibility index (Phi) is 5.31. The molecule has 0 fully saturated rings. The molecule has 0 aliphatic carbocycles. The predicted octanol–water partition coefficient (Wildman–Crippen LogP) is 3.10. The molecule has 112 valence electrons. The first-order valence-corrected chi connectivity index (χ1v) is 6.75. The fraction of sp³-hybridized carbons (Fsp3) is 0.294. The van der Waals surface area contributed by atoms with Gasteiger partial charge < -0.3 is 14.6 Å². The largest absolute Gasteiger partial charge is 0.494 e. The number of aliphatic hydroxyl groups is 1. The van der Waals surface area contributed by atoms with Crippen LogP contribution >= 0.6 is 0 Å². The van der Waals surface area contributed by atoms with E-state index in [1.807, 2.05) is 24.3 Å². The minimum atomic E-state index is -0.859. The maximum Gasteiger partial charge on any atom is 0.165 e. The Morgan fingerprint density at radius 1 is 1.05 bits per heavy atom. The maximum absolute atomic E-state index is 13.7. The molecular formula is C17H19FO3. The highest BCUT2D eigenvalue weighted by atomic mass is 19.1. The third kappa shape index (κ3) is 3.80. The van der Waals surface area contributed by atoms with Gasteiger partial charge in [-0.15, -0.1) is 0 Å². The summed E-state index contributed by atoms with van der Waals surface area (Å²) in [6.45, 7) is 0.658. The number of benzene rings is 2. The lowest BCUT2D eigenvalue weighted by Gasteiger charge is -2.13. The molecule has 0 aliphatic heterocycles. The van der Waals surface area contributed by atoms with Gasteiger partial charge in [-0.1, -0.05) is 30.3 Å². The van der Waals surface area contributed by atoms with E-state index >= 15 is 0 Å².